The van der Waals surface area contributed by atoms with E-state index in [2.05, 4.69) is 19.7 Å². The Kier molecular flexibility index (Phi) is 4.94. The van der Waals surface area contributed by atoms with Crippen LogP contribution in [0.3, 0.4) is 0 Å². The monoisotopic (exact) mass is 373 g/mol. The van der Waals surface area contributed by atoms with Gasteiger partial charge in [-0.25, -0.2) is 19.6 Å². The number of methoxy groups -OCH3 is 1. The molecule has 0 aliphatic carbocycles. The minimum absolute atomic E-state index is 0.139. The number of aromatic nitrogens is 3. The third-order valence-electron chi connectivity index (χ3n) is 3.48. The Balaban J connectivity index is 1.83. The van der Waals surface area contributed by atoms with Crippen molar-refractivity contribution in [2.75, 3.05) is 7.11 Å². The first kappa shape index (κ1) is 17.6. The van der Waals surface area contributed by atoms with E-state index in [0.29, 0.717) is 5.39 Å². The van der Waals surface area contributed by atoms with Gasteiger partial charge in [0.15, 0.2) is 0 Å². The van der Waals surface area contributed by atoms with E-state index >= 15 is 0 Å². The fraction of sp³-hybridized carbons (Fsp3) is 0.118. The number of fused-ring (bicyclic) bond motifs is 1. The first-order valence-corrected chi connectivity index (χ1v) is 7.75. The van der Waals surface area contributed by atoms with Crippen LogP contribution in [0.1, 0.15) is 26.5 Å². The van der Waals surface area contributed by atoms with Crippen LogP contribution in [-0.4, -0.2) is 34.0 Å². The van der Waals surface area contributed by atoms with Gasteiger partial charge in [0, 0.05) is 6.20 Å². The first-order valence-electron chi connectivity index (χ1n) is 7.38. The number of pyridine rings is 1. The molecule has 1 aromatic carbocycles. The van der Waals surface area contributed by atoms with E-state index in [0.717, 1.165) is 0 Å². The molecule has 3 aromatic rings. The maximum Gasteiger partial charge on any atom is 0.340 e. The zero-order chi connectivity index (χ0) is 18.7. The summed E-state index contributed by atoms with van der Waals surface area (Å²) >= 11 is 5.66. The molecule has 0 atom stereocenters. The summed E-state index contributed by atoms with van der Waals surface area (Å²) in [6.07, 6.45) is 1.28. The van der Waals surface area contributed by atoms with E-state index in [-0.39, 0.29) is 34.2 Å². The highest BCUT2D eigenvalue weighted by molar-refractivity contribution is 6.29. The van der Waals surface area contributed by atoms with Gasteiger partial charge in [-0.15, -0.1) is 0 Å². The van der Waals surface area contributed by atoms with Crippen molar-refractivity contribution < 1.29 is 19.1 Å². The van der Waals surface area contributed by atoms with Crippen molar-refractivity contribution in [3.63, 3.8) is 0 Å². The minimum Gasteiger partial charge on any atom is -0.465 e. The van der Waals surface area contributed by atoms with Gasteiger partial charge in [-0.1, -0.05) is 11.6 Å². The van der Waals surface area contributed by atoms with Crippen molar-refractivity contribution in [1.82, 2.24) is 15.0 Å². The molecule has 132 valence electrons. The van der Waals surface area contributed by atoms with Crippen molar-refractivity contribution in [3.05, 3.63) is 69.0 Å². The van der Waals surface area contributed by atoms with Crippen molar-refractivity contribution in [3.8, 4) is 0 Å². The summed E-state index contributed by atoms with van der Waals surface area (Å²) in [5.74, 6) is -1.04. The third-order valence-corrected chi connectivity index (χ3v) is 3.70. The van der Waals surface area contributed by atoms with E-state index in [1.54, 1.807) is 0 Å². The number of nitrogens with zero attached hydrogens (tertiary/aromatic N) is 2. The molecule has 0 unspecified atom stereocenters. The SMILES string of the molecule is COC(=O)c1ccc2c(=O)[nH]c(COC(=O)c3ccc(Cl)nc3)nc2c1. The van der Waals surface area contributed by atoms with Crippen LogP contribution in [0.2, 0.25) is 5.15 Å². The van der Waals surface area contributed by atoms with Gasteiger partial charge in [-0.2, -0.15) is 0 Å². The molecule has 0 saturated carbocycles. The highest BCUT2D eigenvalue weighted by Crippen LogP contribution is 2.12. The number of esters is 2. The third kappa shape index (κ3) is 3.70. The summed E-state index contributed by atoms with van der Waals surface area (Å²) in [4.78, 5) is 46.2. The zero-order valence-electron chi connectivity index (χ0n) is 13.5. The van der Waals surface area contributed by atoms with Gasteiger partial charge in [-0.3, -0.25) is 4.79 Å². The fourth-order valence-corrected chi connectivity index (χ4v) is 2.33. The Hall–Kier alpha value is -3.26. The molecule has 26 heavy (non-hydrogen) atoms. The van der Waals surface area contributed by atoms with Crippen LogP contribution in [0, 0.1) is 0 Å². The standard InChI is InChI=1S/C17H12ClN3O5/c1-25-16(23)9-2-4-11-12(6-9)20-14(21-15(11)22)8-26-17(24)10-3-5-13(18)19-7-10/h2-7H,8H2,1H3,(H,20,21,22). The van der Waals surface area contributed by atoms with E-state index in [1.165, 1.54) is 43.6 Å². The fourth-order valence-electron chi connectivity index (χ4n) is 2.21. The number of aromatic amines is 1. The summed E-state index contributed by atoms with van der Waals surface area (Å²) in [5, 5.41) is 0.554. The second-order valence-electron chi connectivity index (χ2n) is 5.18. The van der Waals surface area contributed by atoms with E-state index in [1.807, 2.05) is 0 Å². The predicted molar refractivity (Wildman–Crippen MR) is 92.1 cm³/mol. The second-order valence-corrected chi connectivity index (χ2v) is 5.57. The predicted octanol–water partition coefficient (Wildman–Crippen LogP) is 2.12. The number of carbonyl (C=O) groups excluding carboxylic acids is 2. The van der Waals surface area contributed by atoms with E-state index in [4.69, 9.17) is 16.3 Å². The van der Waals surface area contributed by atoms with Crippen molar-refractivity contribution >= 4 is 34.4 Å². The smallest absolute Gasteiger partial charge is 0.340 e. The lowest BCUT2D eigenvalue weighted by atomic mass is 10.1. The summed E-state index contributed by atoms with van der Waals surface area (Å²) < 4.78 is 9.76. The average Bonchev–Trinajstić information content (AvgIpc) is 2.65. The molecule has 0 fully saturated rings. The van der Waals surface area contributed by atoms with Gasteiger partial charge in [0.25, 0.3) is 5.56 Å². The van der Waals surface area contributed by atoms with Crippen molar-refractivity contribution in [2.45, 2.75) is 6.61 Å². The van der Waals surface area contributed by atoms with E-state index in [9.17, 15) is 14.4 Å². The van der Waals surface area contributed by atoms with Crippen molar-refractivity contribution in [1.29, 1.82) is 0 Å². The molecule has 0 radical (unpaired) electrons. The first-order chi connectivity index (χ1) is 12.5. The number of carbonyl (C=O) groups is 2. The van der Waals surface area contributed by atoms with Crippen LogP contribution in [0.4, 0.5) is 0 Å². The van der Waals surface area contributed by atoms with Gasteiger partial charge in [0.1, 0.15) is 17.6 Å². The van der Waals surface area contributed by atoms with Crippen LogP contribution >= 0.6 is 11.6 Å². The molecule has 0 spiro atoms. The summed E-state index contributed by atoms with van der Waals surface area (Å²) in [6.45, 7) is -0.255. The Labute approximate surface area is 151 Å². The molecule has 9 heteroatoms. The molecule has 8 nitrogen and oxygen atoms in total. The van der Waals surface area contributed by atoms with Crippen molar-refractivity contribution in [2.24, 2.45) is 0 Å². The average molecular weight is 374 g/mol. The van der Waals surface area contributed by atoms with Gasteiger partial charge in [0.05, 0.1) is 29.1 Å². The maximum atomic E-state index is 12.1. The summed E-state index contributed by atoms with van der Waals surface area (Å²) in [6, 6.07) is 7.31. The topological polar surface area (TPSA) is 111 Å². The minimum atomic E-state index is -0.639. The second kappa shape index (κ2) is 7.32. The molecule has 3 rings (SSSR count). The number of hydrogen-bond acceptors (Lipinski definition) is 7. The number of benzene rings is 1. The Bertz CT molecular complexity index is 1050. The molecule has 0 amide bonds. The highest BCUT2D eigenvalue weighted by atomic mass is 35.5. The number of ether oxygens (including phenoxy) is 2. The molecule has 1 N–H and O–H groups in total. The van der Waals surface area contributed by atoms with Gasteiger partial charge in [0.2, 0.25) is 0 Å². The maximum absolute atomic E-state index is 12.1. The molecule has 0 aliphatic rings. The van der Waals surface area contributed by atoms with E-state index < -0.39 is 17.5 Å². The van der Waals surface area contributed by atoms with Gasteiger partial charge >= 0.3 is 11.9 Å². The zero-order valence-corrected chi connectivity index (χ0v) is 14.2. The number of rotatable bonds is 4. The lowest BCUT2D eigenvalue weighted by Crippen LogP contribution is -2.15. The Morgan fingerprint density at radius 1 is 1.15 bits per heavy atom. The lowest BCUT2D eigenvalue weighted by Gasteiger charge is -2.06. The van der Waals surface area contributed by atoms with Gasteiger partial charge in [-0.05, 0) is 30.3 Å². The largest absolute Gasteiger partial charge is 0.465 e. The number of hydrogen-bond donors (Lipinski definition) is 1. The number of H-pyrrole nitrogens is 1. The quantitative estimate of drug-likeness (QED) is 0.550. The molecular weight excluding hydrogens is 362 g/mol. The molecule has 0 bridgehead atoms. The van der Waals surface area contributed by atoms with Gasteiger partial charge < -0.3 is 14.5 Å². The van der Waals surface area contributed by atoms with Crippen LogP contribution in [0.25, 0.3) is 10.9 Å². The number of halogens is 1. The molecule has 0 saturated heterocycles. The Morgan fingerprint density at radius 2 is 1.92 bits per heavy atom. The van der Waals surface area contributed by atoms with Crippen LogP contribution in [0.5, 0.6) is 0 Å². The van der Waals surface area contributed by atoms with Crippen LogP contribution in [-0.2, 0) is 16.1 Å². The molecular formula is C17H12ClN3O5. The van der Waals surface area contributed by atoms with Crippen LogP contribution in [0.15, 0.2) is 41.3 Å². The lowest BCUT2D eigenvalue weighted by molar-refractivity contribution is 0.0461. The van der Waals surface area contributed by atoms with Crippen LogP contribution < -0.4 is 5.56 Å². The highest BCUT2D eigenvalue weighted by Gasteiger charge is 2.12. The summed E-state index contributed by atoms with van der Waals surface area (Å²) in [7, 11) is 1.26. The number of nitrogens with one attached hydrogen (secondary N) is 1. The molecule has 2 aromatic heterocycles. The summed E-state index contributed by atoms with van der Waals surface area (Å²) in [5.41, 5.74) is 0.347. The Morgan fingerprint density at radius 3 is 2.62 bits per heavy atom. The molecule has 2 heterocycles. The normalized spacial score (nSPS) is 10.5. The molecule has 0 aliphatic heterocycles.